The predicted octanol–water partition coefficient (Wildman–Crippen LogP) is 3.40. The second-order valence-corrected chi connectivity index (χ2v) is 9.97. The number of hydrazine groups is 1. The zero-order valence-corrected chi connectivity index (χ0v) is 21.4. The number of carbonyl (C=O) groups is 1. The average molecular weight is 513 g/mol. The maximum atomic E-state index is 12.3. The number of ether oxygens (including phenoxy) is 1. The zero-order valence-electron chi connectivity index (χ0n) is 21.4. The molecule has 6 rings (SSSR count). The van der Waals surface area contributed by atoms with E-state index < -0.39 is 0 Å². The summed E-state index contributed by atoms with van der Waals surface area (Å²) in [5.74, 6) is 2.19. The second-order valence-electron chi connectivity index (χ2n) is 9.97. The molecule has 196 valence electrons. The molecule has 1 aliphatic carbocycles. The highest BCUT2D eigenvalue weighted by Crippen LogP contribution is 2.29. The van der Waals surface area contributed by atoms with Gasteiger partial charge in [0.2, 0.25) is 0 Å². The van der Waals surface area contributed by atoms with Gasteiger partial charge in [-0.05, 0) is 42.7 Å². The standard InChI is InChI=1S/C28H32N8O2/c1-36-28-24(16-31-36)27(33-22-11-9-18(10-12-22)20-14-29-30-15-20)34-26(35-28)19-5-4-8-23(13-19)38-17-25(37)32-21-6-2-3-7-21/h4-5,8-13,16,20-21,29-30H,2-3,6-7,14-15,17H2,1H3,(H,32,37)(H,33,34,35). The van der Waals surface area contributed by atoms with Gasteiger partial charge in [0.25, 0.3) is 5.91 Å². The minimum atomic E-state index is -0.0900. The van der Waals surface area contributed by atoms with Crippen LogP contribution in [0.5, 0.6) is 5.75 Å². The molecule has 2 aromatic heterocycles. The Morgan fingerprint density at radius 3 is 2.66 bits per heavy atom. The maximum absolute atomic E-state index is 12.3. The Kier molecular flexibility index (Phi) is 6.89. The van der Waals surface area contributed by atoms with E-state index in [0.29, 0.717) is 23.3 Å². The first-order valence-corrected chi connectivity index (χ1v) is 13.2. The third-order valence-corrected chi connectivity index (χ3v) is 7.24. The molecule has 2 aliphatic rings. The quantitative estimate of drug-likeness (QED) is 0.284. The van der Waals surface area contributed by atoms with Crippen molar-refractivity contribution >= 4 is 28.4 Å². The molecule has 3 heterocycles. The Labute approximate surface area is 221 Å². The summed E-state index contributed by atoms with van der Waals surface area (Å²) >= 11 is 0. The molecule has 1 aliphatic heterocycles. The number of nitrogens with zero attached hydrogens (tertiary/aromatic N) is 4. The van der Waals surface area contributed by atoms with Crippen molar-refractivity contribution in [2.45, 2.75) is 37.6 Å². The van der Waals surface area contributed by atoms with E-state index in [0.717, 1.165) is 48.2 Å². The van der Waals surface area contributed by atoms with Crippen molar-refractivity contribution in [3.05, 3.63) is 60.3 Å². The lowest BCUT2D eigenvalue weighted by Gasteiger charge is -2.13. The van der Waals surface area contributed by atoms with Gasteiger partial charge >= 0.3 is 0 Å². The zero-order chi connectivity index (χ0) is 25.9. The second kappa shape index (κ2) is 10.8. The van der Waals surface area contributed by atoms with Gasteiger partial charge in [-0.3, -0.25) is 20.3 Å². The molecule has 0 spiro atoms. The predicted molar refractivity (Wildman–Crippen MR) is 146 cm³/mol. The lowest BCUT2D eigenvalue weighted by molar-refractivity contribution is -0.123. The van der Waals surface area contributed by atoms with Gasteiger partial charge in [-0.2, -0.15) is 5.10 Å². The van der Waals surface area contributed by atoms with E-state index >= 15 is 0 Å². The lowest BCUT2D eigenvalue weighted by Crippen LogP contribution is -2.36. The van der Waals surface area contributed by atoms with Gasteiger partial charge in [0.05, 0.1) is 11.6 Å². The summed E-state index contributed by atoms with van der Waals surface area (Å²) in [6, 6.07) is 16.2. The summed E-state index contributed by atoms with van der Waals surface area (Å²) in [5, 5.41) is 11.7. The van der Waals surface area contributed by atoms with Crippen LogP contribution in [-0.4, -0.2) is 51.4 Å². The number of hydrogen-bond acceptors (Lipinski definition) is 8. The Morgan fingerprint density at radius 2 is 1.87 bits per heavy atom. The number of amides is 1. The molecule has 1 saturated carbocycles. The van der Waals surface area contributed by atoms with Gasteiger partial charge in [0.15, 0.2) is 18.1 Å². The van der Waals surface area contributed by atoms with Crippen LogP contribution in [0.25, 0.3) is 22.4 Å². The van der Waals surface area contributed by atoms with Gasteiger partial charge in [-0.1, -0.05) is 37.1 Å². The third-order valence-electron chi connectivity index (χ3n) is 7.24. The largest absolute Gasteiger partial charge is 0.484 e. The van der Waals surface area contributed by atoms with E-state index in [4.69, 9.17) is 14.7 Å². The first-order valence-electron chi connectivity index (χ1n) is 13.2. The van der Waals surface area contributed by atoms with Gasteiger partial charge in [0, 0.05) is 43.3 Å². The van der Waals surface area contributed by atoms with Crippen molar-refractivity contribution in [1.29, 1.82) is 0 Å². The molecule has 10 heteroatoms. The summed E-state index contributed by atoms with van der Waals surface area (Å²) in [5.41, 5.74) is 10.1. The molecular weight excluding hydrogens is 480 g/mol. The molecule has 38 heavy (non-hydrogen) atoms. The summed E-state index contributed by atoms with van der Waals surface area (Å²) in [6.07, 6.45) is 6.21. The van der Waals surface area contributed by atoms with Crippen molar-refractivity contribution in [2.24, 2.45) is 7.05 Å². The molecular formula is C28H32N8O2. The molecule has 4 N–H and O–H groups in total. The molecule has 0 bridgehead atoms. The van der Waals surface area contributed by atoms with Crippen LogP contribution in [-0.2, 0) is 11.8 Å². The molecule has 0 unspecified atom stereocenters. The van der Waals surface area contributed by atoms with Crippen molar-refractivity contribution in [2.75, 3.05) is 25.0 Å². The minimum Gasteiger partial charge on any atom is -0.484 e. The summed E-state index contributed by atoms with van der Waals surface area (Å²) in [4.78, 5) is 21.9. The van der Waals surface area contributed by atoms with Crippen LogP contribution in [0.2, 0.25) is 0 Å². The highest BCUT2D eigenvalue weighted by atomic mass is 16.5. The number of aromatic nitrogens is 4. The van der Waals surface area contributed by atoms with Crippen LogP contribution in [0, 0.1) is 0 Å². The Balaban J connectivity index is 1.21. The van der Waals surface area contributed by atoms with Crippen molar-refractivity contribution in [3.63, 3.8) is 0 Å². The van der Waals surface area contributed by atoms with Crippen molar-refractivity contribution < 1.29 is 9.53 Å². The maximum Gasteiger partial charge on any atom is 0.258 e. The van der Waals surface area contributed by atoms with E-state index in [1.54, 1.807) is 10.9 Å². The molecule has 1 saturated heterocycles. The smallest absolute Gasteiger partial charge is 0.258 e. The van der Waals surface area contributed by atoms with Gasteiger partial charge in [0.1, 0.15) is 11.6 Å². The Hall–Kier alpha value is -4.02. The average Bonchev–Trinajstić information content (AvgIpc) is 3.72. The van der Waals surface area contributed by atoms with E-state index in [2.05, 4.69) is 50.8 Å². The van der Waals surface area contributed by atoms with E-state index in [9.17, 15) is 4.79 Å². The van der Waals surface area contributed by atoms with E-state index in [1.165, 1.54) is 18.4 Å². The van der Waals surface area contributed by atoms with Gasteiger partial charge in [-0.25, -0.2) is 9.97 Å². The third kappa shape index (κ3) is 5.32. The van der Waals surface area contributed by atoms with Gasteiger partial charge < -0.3 is 15.4 Å². The number of anilines is 2. The van der Waals surface area contributed by atoms with E-state index in [1.807, 2.05) is 31.3 Å². The number of hydrogen-bond donors (Lipinski definition) is 4. The first-order chi connectivity index (χ1) is 18.6. The number of benzene rings is 2. The molecule has 0 atom stereocenters. The normalized spacial score (nSPS) is 16.2. The highest BCUT2D eigenvalue weighted by Gasteiger charge is 2.19. The minimum absolute atomic E-state index is 0.0165. The van der Waals surface area contributed by atoms with Crippen LogP contribution in [0.4, 0.5) is 11.5 Å². The first kappa shape index (κ1) is 24.3. The fourth-order valence-corrected chi connectivity index (χ4v) is 5.13. The number of nitrogens with one attached hydrogen (secondary N) is 4. The lowest BCUT2D eigenvalue weighted by atomic mass is 10.0. The molecule has 10 nitrogen and oxygen atoms in total. The fourth-order valence-electron chi connectivity index (χ4n) is 5.13. The molecule has 0 radical (unpaired) electrons. The van der Waals surface area contributed by atoms with E-state index in [-0.39, 0.29) is 18.6 Å². The van der Waals surface area contributed by atoms with Crippen molar-refractivity contribution in [3.8, 4) is 17.1 Å². The fraction of sp³-hybridized carbons (Fsp3) is 0.357. The number of rotatable bonds is 8. The Bertz CT molecular complexity index is 1420. The molecule has 4 aromatic rings. The Morgan fingerprint density at radius 1 is 1.08 bits per heavy atom. The monoisotopic (exact) mass is 512 g/mol. The summed E-state index contributed by atoms with van der Waals surface area (Å²) < 4.78 is 7.54. The van der Waals surface area contributed by atoms with Crippen LogP contribution in [0.3, 0.4) is 0 Å². The van der Waals surface area contributed by atoms with Crippen LogP contribution in [0.15, 0.2) is 54.7 Å². The number of carbonyl (C=O) groups excluding carboxylic acids is 1. The summed E-state index contributed by atoms with van der Waals surface area (Å²) in [7, 11) is 1.86. The van der Waals surface area contributed by atoms with Crippen LogP contribution in [0.1, 0.15) is 37.2 Å². The van der Waals surface area contributed by atoms with Crippen LogP contribution < -0.4 is 26.2 Å². The highest BCUT2D eigenvalue weighted by molar-refractivity contribution is 5.90. The molecule has 2 aromatic carbocycles. The summed E-state index contributed by atoms with van der Waals surface area (Å²) in [6.45, 7) is 1.83. The topological polar surface area (TPSA) is 118 Å². The van der Waals surface area contributed by atoms with Crippen LogP contribution >= 0.6 is 0 Å². The molecule has 2 fully saturated rings. The SMILES string of the molecule is Cn1ncc2c(Nc3ccc(C4CNNC4)cc3)nc(-c3cccc(OCC(=O)NC4CCCC4)c3)nc21. The molecule has 1 amide bonds. The van der Waals surface area contributed by atoms with Crippen molar-refractivity contribution in [1.82, 2.24) is 35.9 Å². The number of aryl methyl sites for hydroxylation is 1. The van der Waals surface area contributed by atoms with Gasteiger partial charge in [-0.15, -0.1) is 0 Å². The number of fused-ring (bicyclic) bond motifs is 1.